The Morgan fingerprint density at radius 3 is 3.00 bits per heavy atom. The Bertz CT molecular complexity index is 451. The molecule has 5 heteroatoms. The molecular formula is C13H17BrN2O2. The maximum Gasteiger partial charge on any atom is 0.227 e. The van der Waals surface area contributed by atoms with Crippen LogP contribution in [0.4, 0.5) is 0 Å². The van der Waals surface area contributed by atoms with Crippen molar-refractivity contribution in [1.29, 1.82) is 0 Å². The Hall–Kier alpha value is -1.07. The number of rotatable bonds is 3. The van der Waals surface area contributed by atoms with E-state index in [1.807, 2.05) is 23.1 Å². The fourth-order valence-electron chi connectivity index (χ4n) is 2.17. The SMILES string of the molecule is COc1ccc(Br)cc1CC(=O)N1CC[C@@H](N)C1. The van der Waals surface area contributed by atoms with Crippen LogP contribution in [0.5, 0.6) is 5.75 Å². The number of hydrogen-bond acceptors (Lipinski definition) is 3. The van der Waals surface area contributed by atoms with Crippen molar-refractivity contribution in [3.63, 3.8) is 0 Å². The molecule has 0 bridgehead atoms. The molecule has 0 saturated carbocycles. The summed E-state index contributed by atoms with van der Waals surface area (Å²) in [5.74, 6) is 0.856. The highest BCUT2D eigenvalue weighted by molar-refractivity contribution is 9.10. The molecule has 0 aromatic heterocycles. The largest absolute Gasteiger partial charge is 0.496 e. The van der Waals surface area contributed by atoms with Gasteiger partial charge in [-0.25, -0.2) is 0 Å². The quantitative estimate of drug-likeness (QED) is 0.921. The van der Waals surface area contributed by atoms with Gasteiger partial charge in [0, 0.05) is 29.2 Å². The lowest BCUT2D eigenvalue weighted by Gasteiger charge is -2.17. The zero-order chi connectivity index (χ0) is 13.1. The van der Waals surface area contributed by atoms with E-state index in [1.54, 1.807) is 7.11 Å². The molecule has 0 unspecified atom stereocenters. The van der Waals surface area contributed by atoms with E-state index in [9.17, 15) is 4.79 Å². The van der Waals surface area contributed by atoms with Gasteiger partial charge in [0.05, 0.1) is 13.5 Å². The summed E-state index contributed by atoms with van der Waals surface area (Å²) in [5.41, 5.74) is 6.71. The molecule has 18 heavy (non-hydrogen) atoms. The Kier molecular flexibility index (Phi) is 4.24. The highest BCUT2D eigenvalue weighted by atomic mass is 79.9. The smallest absolute Gasteiger partial charge is 0.227 e. The summed E-state index contributed by atoms with van der Waals surface area (Å²) < 4.78 is 6.22. The van der Waals surface area contributed by atoms with Crippen LogP contribution in [0.3, 0.4) is 0 Å². The van der Waals surface area contributed by atoms with Gasteiger partial charge in [-0.2, -0.15) is 0 Å². The Morgan fingerprint density at radius 2 is 2.39 bits per heavy atom. The second kappa shape index (κ2) is 5.71. The number of amides is 1. The molecule has 1 aromatic carbocycles. The Balaban J connectivity index is 2.09. The van der Waals surface area contributed by atoms with E-state index in [0.717, 1.165) is 28.8 Å². The topological polar surface area (TPSA) is 55.6 Å². The van der Waals surface area contributed by atoms with Crippen LogP contribution >= 0.6 is 15.9 Å². The van der Waals surface area contributed by atoms with Gasteiger partial charge in [0.1, 0.15) is 5.75 Å². The number of likely N-dealkylation sites (tertiary alicyclic amines) is 1. The summed E-state index contributed by atoms with van der Waals surface area (Å²) in [6, 6.07) is 5.81. The maximum atomic E-state index is 12.1. The normalized spacial score (nSPS) is 19.1. The van der Waals surface area contributed by atoms with E-state index in [1.165, 1.54) is 0 Å². The third kappa shape index (κ3) is 3.03. The molecule has 1 saturated heterocycles. The van der Waals surface area contributed by atoms with Gasteiger partial charge in [0.15, 0.2) is 0 Å². The van der Waals surface area contributed by atoms with Crippen LogP contribution in [-0.2, 0) is 11.2 Å². The predicted octanol–water partition coefficient (Wildman–Crippen LogP) is 1.56. The minimum atomic E-state index is 0.111. The fourth-order valence-corrected chi connectivity index (χ4v) is 2.58. The molecule has 0 radical (unpaired) electrons. The van der Waals surface area contributed by atoms with E-state index in [2.05, 4.69) is 15.9 Å². The number of nitrogens with two attached hydrogens (primary N) is 1. The van der Waals surface area contributed by atoms with Gasteiger partial charge < -0.3 is 15.4 Å². The summed E-state index contributed by atoms with van der Waals surface area (Å²) in [7, 11) is 1.61. The van der Waals surface area contributed by atoms with Crippen LogP contribution in [0, 0.1) is 0 Å². The molecular weight excluding hydrogens is 296 g/mol. The van der Waals surface area contributed by atoms with Crippen molar-refractivity contribution in [3.8, 4) is 5.75 Å². The minimum absolute atomic E-state index is 0.111. The third-order valence-corrected chi connectivity index (χ3v) is 3.65. The number of carbonyl (C=O) groups excluding carboxylic acids is 1. The molecule has 2 rings (SSSR count). The molecule has 1 fully saturated rings. The van der Waals surface area contributed by atoms with Gasteiger partial charge in [-0.1, -0.05) is 15.9 Å². The van der Waals surface area contributed by atoms with Crippen LogP contribution in [0.25, 0.3) is 0 Å². The van der Waals surface area contributed by atoms with Crippen molar-refractivity contribution in [2.45, 2.75) is 18.9 Å². The van der Waals surface area contributed by atoms with Crippen LogP contribution in [0.2, 0.25) is 0 Å². The van der Waals surface area contributed by atoms with Gasteiger partial charge >= 0.3 is 0 Å². The fraction of sp³-hybridized carbons (Fsp3) is 0.462. The first kappa shape index (κ1) is 13.4. The summed E-state index contributed by atoms with van der Waals surface area (Å²) in [5, 5.41) is 0. The molecule has 1 amide bonds. The van der Waals surface area contributed by atoms with Gasteiger partial charge in [-0.3, -0.25) is 4.79 Å². The number of benzene rings is 1. The number of ether oxygens (including phenoxy) is 1. The summed E-state index contributed by atoms with van der Waals surface area (Å²) in [4.78, 5) is 14.0. The van der Waals surface area contributed by atoms with Crippen LogP contribution < -0.4 is 10.5 Å². The summed E-state index contributed by atoms with van der Waals surface area (Å²) in [6.45, 7) is 1.42. The highest BCUT2D eigenvalue weighted by Crippen LogP contribution is 2.24. The van der Waals surface area contributed by atoms with E-state index >= 15 is 0 Å². The zero-order valence-corrected chi connectivity index (χ0v) is 11.9. The average Bonchev–Trinajstić information content (AvgIpc) is 2.76. The van der Waals surface area contributed by atoms with Crippen molar-refractivity contribution in [1.82, 2.24) is 4.90 Å². The molecule has 98 valence electrons. The average molecular weight is 313 g/mol. The minimum Gasteiger partial charge on any atom is -0.496 e. The van der Waals surface area contributed by atoms with Gasteiger partial charge in [0.2, 0.25) is 5.91 Å². The lowest BCUT2D eigenvalue weighted by molar-refractivity contribution is -0.129. The molecule has 1 aliphatic rings. The standard InChI is InChI=1S/C13H17BrN2O2/c1-18-12-3-2-10(14)6-9(12)7-13(17)16-5-4-11(15)8-16/h2-3,6,11H,4-5,7-8,15H2,1H3/t11-/m1/s1. The van der Waals surface area contributed by atoms with Crippen LogP contribution in [0.15, 0.2) is 22.7 Å². The number of halogens is 1. The van der Waals surface area contributed by atoms with Crippen molar-refractivity contribution >= 4 is 21.8 Å². The van der Waals surface area contributed by atoms with Gasteiger partial charge in [0.25, 0.3) is 0 Å². The van der Waals surface area contributed by atoms with Crippen molar-refractivity contribution in [2.75, 3.05) is 20.2 Å². The van der Waals surface area contributed by atoms with E-state index in [4.69, 9.17) is 10.5 Å². The van der Waals surface area contributed by atoms with Crippen molar-refractivity contribution < 1.29 is 9.53 Å². The predicted molar refractivity (Wildman–Crippen MR) is 73.6 cm³/mol. The molecule has 2 N–H and O–H groups in total. The second-order valence-corrected chi connectivity index (χ2v) is 5.44. The summed E-state index contributed by atoms with van der Waals surface area (Å²) in [6.07, 6.45) is 1.25. The summed E-state index contributed by atoms with van der Waals surface area (Å²) >= 11 is 3.41. The Labute approximate surface area is 115 Å². The number of methoxy groups -OCH3 is 1. The number of hydrogen-bond donors (Lipinski definition) is 1. The molecule has 4 nitrogen and oxygen atoms in total. The maximum absolute atomic E-state index is 12.1. The van der Waals surface area contributed by atoms with E-state index in [0.29, 0.717) is 13.0 Å². The zero-order valence-electron chi connectivity index (χ0n) is 10.4. The number of nitrogens with zero attached hydrogens (tertiary/aromatic N) is 1. The third-order valence-electron chi connectivity index (χ3n) is 3.16. The van der Waals surface area contributed by atoms with Gasteiger partial charge in [-0.15, -0.1) is 0 Å². The first-order valence-corrected chi connectivity index (χ1v) is 6.75. The monoisotopic (exact) mass is 312 g/mol. The highest BCUT2D eigenvalue weighted by Gasteiger charge is 2.24. The molecule has 1 aliphatic heterocycles. The molecule has 1 aromatic rings. The van der Waals surface area contributed by atoms with E-state index in [-0.39, 0.29) is 11.9 Å². The number of carbonyl (C=O) groups is 1. The van der Waals surface area contributed by atoms with Gasteiger partial charge in [-0.05, 0) is 24.6 Å². The van der Waals surface area contributed by atoms with Crippen LogP contribution in [0.1, 0.15) is 12.0 Å². The lowest BCUT2D eigenvalue weighted by Crippen LogP contribution is -2.33. The molecule has 1 heterocycles. The molecule has 0 spiro atoms. The van der Waals surface area contributed by atoms with E-state index < -0.39 is 0 Å². The first-order valence-electron chi connectivity index (χ1n) is 5.96. The molecule has 0 aliphatic carbocycles. The first-order chi connectivity index (χ1) is 8.60. The lowest BCUT2D eigenvalue weighted by atomic mass is 10.1. The Morgan fingerprint density at radius 1 is 1.61 bits per heavy atom. The molecule has 1 atom stereocenters. The van der Waals surface area contributed by atoms with Crippen LogP contribution in [-0.4, -0.2) is 37.0 Å². The second-order valence-electron chi connectivity index (χ2n) is 4.52. The van der Waals surface area contributed by atoms with Crippen molar-refractivity contribution in [3.05, 3.63) is 28.2 Å². The van der Waals surface area contributed by atoms with Crippen molar-refractivity contribution in [2.24, 2.45) is 5.73 Å².